The molecule has 0 amide bonds. The van der Waals surface area contributed by atoms with Gasteiger partial charge in [-0.05, 0) is 44.8 Å². The molecule has 0 spiro atoms. The van der Waals surface area contributed by atoms with Crippen LogP contribution in [0.3, 0.4) is 0 Å². The van der Waals surface area contributed by atoms with Gasteiger partial charge in [0.05, 0.1) is 5.69 Å². The molecule has 2 aromatic rings. The van der Waals surface area contributed by atoms with Crippen molar-refractivity contribution < 1.29 is 12.8 Å². The molecule has 0 aliphatic heterocycles. The monoisotopic (exact) mass is 322 g/mol. The van der Waals surface area contributed by atoms with Gasteiger partial charge in [0.1, 0.15) is 10.7 Å². The number of nitrogens with zero attached hydrogens (tertiary/aromatic N) is 1. The molecule has 118 valence electrons. The third-order valence-electron chi connectivity index (χ3n) is 3.12. The van der Waals surface area contributed by atoms with Crippen molar-refractivity contribution in [3.05, 3.63) is 59.4 Å². The van der Waals surface area contributed by atoms with Gasteiger partial charge >= 0.3 is 0 Å². The number of benzene rings is 2. The summed E-state index contributed by atoms with van der Waals surface area (Å²) in [6.45, 7) is 2.52. The van der Waals surface area contributed by atoms with E-state index in [0.717, 1.165) is 17.2 Å². The van der Waals surface area contributed by atoms with Crippen LogP contribution in [0.1, 0.15) is 11.1 Å². The Labute approximate surface area is 130 Å². The molecule has 0 fully saturated rings. The molecule has 0 saturated carbocycles. The Morgan fingerprint density at radius 1 is 1.14 bits per heavy atom. The Morgan fingerprint density at radius 3 is 2.45 bits per heavy atom. The average Bonchev–Trinajstić information content (AvgIpc) is 2.41. The summed E-state index contributed by atoms with van der Waals surface area (Å²) >= 11 is 0. The third-order valence-corrected chi connectivity index (χ3v) is 4.52. The molecule has 0 radical (unpaired) electrons. The first-order chi connectivity index (χ1) is 10.3. The van der Waals surface area contributed by atoms with Crippen LogP contribution < -0.4 is 4.72 Å². The molecule has 0 saturated heterocycles. The minimum Gasteiger partial charge on any atom is -0.305 e. The fourth-order valence-corrected chi connectivity index (χ4v) is 3.34. The van der Waals surface area contributed by atoms with Crippen molar-refractivity contribution >= 4 is 15.7 Å². The minimum atomic E-state index is -3.96. The lowest BCUT2D eigenvalue weighted by Crippen LogP contribution is -2.18. The highest BCUT2D eigenvalue weighted by Gasteiger charge is 2.20. The summed E-state index contributed by atoms with van der Waals surface area (Å²) in [5.41, 5.74) is 2.33. The normalized spacial score (nSPS) is 11.7. The number of anilines is 1. The SMILES string of the molecule is Cc1ccc(NS(=O)(=O)c2ccccc2F)c(CN(C)C)c1. The smallest absolute Gasteiger partial charge is 0.264 e. The molecule has 22 heavy (non-hydrogen) atoms. The second-order valence-corrected chi connectivity index (χ2v) is 7.09. The summed E-state index contributed by atoms with van der Waals surface area (Å²) in [4.78, 5) is 1.58. The Kier molecular flexibility index (Phi) is 4.83. The number of nitrogens with one attached hydrogen (secondary N) is 1. The molecule has 0 heterocycles. The molecular formula is C16H19FN2O2S. The molecule has 0 bridgehead atoms. The number of hydrogen-bond acceptors (Lipinski definition) is 3. The maximum Gasteiger partial charge on any atom is 0.264 e. The average molecular weight is 322 g/mol. The molecule has 0 aliphatic rings. The van der Waals surface area contributed by atoms with E-state index in [2.05, 4.69) is 4.72 Å². The molecule has 6 heteroatoms. The summed E-state index contributed by atoms with van der Waals surface area (Å²) in [6.07, 6.45) is 0. The molecule has 0 unspecified atom stereocenters. The summed E-state index contributed by atoms with van der Waals surface area (Å²) < 4.78 is 41.0. The zero-order valence-corrected chi connectivity index (χ0v) is 13.6. The molecule has 0 aliphatic carbocycles. The van der Waals surface area contributed by atoms with Gasteiger partial charge in [-0.2, -0.15) is 0 Å². The van der Waals surface area contributed by atoms with Gasteiger partial charge in [0, 0.05) is 6.54 Å². The Bertz CT molecular complexity index is 773. The largest absolute Gasteiger partial charge is 0.305 e. The first-order valence-electron chi connectivity index (χ1n) is 6.81. The predicted molar refractivity (Wildman–Crippen MR) is 85.8 cm³/mol. The second kappa shape index (κ2) is 6.46. The van der Waals surface area contributed by atoms with Gasteiger partial charge < -0.3 is 4.90 Å². The maximum absolute atomic E-state index is 13.7. The number of halogens is 1. The second-order valence-electron chi connectivity index (χ2n) is 5.43. The van der Waals surface area contributed by atoms with Crippen molar-refractivity contribution in [2.75, 3.05) is 18.8 Å². The summed E-state index contributed by atoms with van der Waals surface area (Å²) in [7, 11) is -0.158. The number of hydrogen-bond donors (Lipinski definition) is 1. The van der Waals surface area contributed by atoms with E-state index in [1.807, 2.05) is 38.1 Å². The number of aryl methyl sites for hydroxylation is 1. The van der Waals surface area contributed by atoms with Gasteiger partial charge in [0.25, 0.3) is 10.0 Å². The van der Waals surface area contributed by atoms with Crippen molar-refractivity contribution in [3.63, 3.8) is 0 Å². The lowest BCUT2D eigenvalue weighted by molar-refractivity contribution is 0.403. The molecule has 2 aromatic carbocycles. The van der Waals surface area contributed by atoms with Gasteiger partial charge in [0.2, 0.25) is 0 Å². The molecule has 0 atom stereocenters. The van der Waals surface area contributed by atoms with E-state index in [0.29, 0.717) is 12.2 Å². The minimum absolute atomic E-state index is 0.355. The fraction of sp³-hybridized carbons (Fsp3) is 0.250. The van der Waals surface area contributed by atoms with Gasteiger partial charge in [-0.15, -0.1) is 0 Å². The van der Waals surface area contributed by atoms with Gasteiger partial charge in [-0.1, -0.05) is 29.8 Å². The van der Waals surface area contributed by atoms with Crippen molar-refractivity contribution in [2.45, 2.75) is 18.4 Å². The van der Waals surface area contributed by atoms with Crippen LogP contribution in [-0.2, 0) is 16.6 Å². The topological polar surface area (TPSA) is 49.4 Å². The third kappa shape index (κ3) is 3.84. The fourth-order valence-electron chi connectivity index (χ4n) is 2.16. The quantitative estimate of drug-likeness (QED) is 0.920. The molecule has 1 N–H and O–H groups in total. The van der Waals surface area contributed by atoms with E-state index in [1.54, 1.807) is 6.07 Å². The van der Waals surface area contributed by atoms with Crippen LogP contribution >= 0.6 is 0 Å². The Balaban J connectivity index is 2.40. The highest BCUT2D eigenvalue weighted by molar-refractivity contribution is 7.92. The summed E-state index contributed by atoms with van der Waals surface area (Å²) in [6, 6.07) is 10.8. The maximum atomic E-state index is 13.7. The molecule has 4 nitrogen and oxygen atoms in total. The molecule has 0 aromatic heterocycles. The first kappa shape index (κ1) is 16.5. The number of sulfonamides is 1. The van der Waals surface area contributed by atoms with Gasteiger partial charge in [-0.3, -0.25) is 4.72 Å². The van der Waals surface area contributed by atoms with Crippen molar-refractivity contribution in [3.8, 4) is 0 Å². The zero-order valence-electron chi connectivity index (χ0n) is 12.8. The highest BCUT2D eigenvalue weighted by atomic mass is 32.2. The van der Waals surface area contributed by atoms with Gasteiger partial charge in [-0.25, -0.2) is 12.8 Å². The number of rotatable bonds is 5. The van der Waals surface area contributed by atoms with Crippen LogP contribution in [-0.4, -0.2) is 27.4 Å². The lowest BCUT2D eigenvalue weighted by Gasteiger charge is -2.16. The Hall–Kier alpha value is -1.92. The van der Waals surface area contributed by atoms with Crippen LogP contribution in [0.25, 0.3) is 0 Å². The van der Waals surface area contributed by atoms with E-state index >= 15 is 0 Å². The van der Waals surface area contributed by atoms with Crippen LogP contribution in [0.15, 0.2) is 47.4 Å². The van der Waals surface area contributed by atoms with Crippen molar-refractivity contribution in [1.82, 2.24) is 4.90 Å². The van der Waals surface area contributed by atoms with E-state index in [1.165, 1.54) is 18.2 Å². The van der Waals surface area contributed by atoms with E-state index in [-0.39, 0.29) is 4.90 Å². The van der Waals surface area contributed by atoms with E-state index in [4.69, 9.17) is 0 Å². The summed E-state index contributed by atoms with van der Waals surface area (Å²) in [5.74, 6) is -0.767. The molecule has 2 rings (SSSR count). The van der Waals surface area contributed by atoms with Crippen LogP contribution in [0.5, 0.6) is 0 Å². The van der Waals surface area contributed by atoms with Crippen LogP contribution in [0.4, 0.5) is 10.1 Å². The van der Waals surface area contributed by atoms with E-state index < -0.39 is 15.8 Å². The van der Waals surface area contributed by atoms with Crippen molar-refractivity contribution in [1.29, 1.82) is 0 Å². The highest BCUT2D eigenvalue weighted by Crippen LogP contribution is 2.23. The standard InChI is InChI=1S/C16H19FN2O2S/c1-12-8-9-15(13(10-12)11-19(2)3)18-22(20,21)16-7-5-4-6-14(16)17/h4-10,18H,11H2,1-3H3. The molecular weight excluding hydrogens is 303 g/mol. The van der Waals surface area contributed by atoms with Crippen molar-refractivity contribution in [2.24, 2.45) is 0 Å². The first-order valence-corrected chi connectivity index (χ1v) is 8.29. The van der Waals surface area contributed by atoms with Gasteiger partial charge in [0.15, 0.2) is 0 Å². The Morgan fingerprint density at radius 2 is 1.82 bits per heavy atom. The predicted octanol–water partition coefficient (Wildman–Crippen LogP) is 3.00. The lowest BCUT2D eigenvalue weighted by atomic mass is 10.1. The summed E-state index contributed by atoms with van der Waals surface area (Å²) in [5, 5.41) is 0. The zero-order chi connectivity index (χ0) is 16.3. The van der Waals surface area contributed by atoms with Crippen LogP contribution in [0.2, 0.25) is 0 Å². The van der Waals surface area contributed by atoms with E-state index in [9.17, 15) is 12.8 Å². The van der Waals surface area contributed by atoms with Crippen LogP contribution in [0, 0.1) is 12.7 Å².